The van der Waals surface area contributed by atoms with E-state index in [9.17, 15) is 60.7 Å². The minimum absolute atomic E-state index is 0.336. The molecule has 0 radical (unpaired) electrons. The molecule has 1 aliphatic carbocycles. The third kappa shape index (κ3) is 6.09. The number of hydrogen-bond donors (Lipinski definition) is 11. The third-order valence-electron chi connectivity index (χ3n) is 12.9. The van der Waals surface area contributed by atoms with Gasteiger partial charge in [-0.25, -0.2) is 0 Å². The smallest absolute Gasteiger partial charge is 0.237 e. The van der Waals surface area contributed by atoms with Gasteiger partial charge in [0.05, 0.1) is 37.7 Å². The lowest BCUT2D eigenvalue weighted by atomic mass is 9.68. The summed E-state index contributed by atoms with van der Waals surface area (Å²) in [6.07, 6.45) is -25.5. The van der Waals surface area contributed by atoms with E-state index in [1.807, 2.05) is 30.3 Å². The van der Waals surface area contributed by atoms with Crippen molar-refractivity contribution >= 4 is 28.4 Å². The van der Waals surface area contributed by atoms with E-state index in [2.05, 4.69) is 4.98 Å². The van der Waals surface area contributed by atoms with E-state index in [1.54, 1.807) is 23.1 Å². The minimum atomic E-state index is -1.99. The zero-order valence-corrected chi connectivity index (χ0v) is 31.4. The van der Waals surface area contributed by atoms with Crippen LogP contribution in [0.25, 0.3) is 10.9 Å². The van der Waals surface area contributed by atoms with E-state index in [0.29, 0.717) is 22.5 Å². The molecule has 20 heteroatoms. The average molecular weight is 830 g/mol. The first-order chi connectivity index (χ1) is 28.3. The van der Waals surface area contributed by atoms with E-state index in [1.165, 1.54) is 7.05 Å². The molecular formula is C39H47N3O17. The molecule has 5 aliphatic heterocycles. The molecular weight excluding hydrogens is 782 g/mol. The number of aromatic amines is 1. The second-order valence-electron chi connectivity index (χ2n) is 16.0. The number of hydrogen-bond acceptors (Lipinski definition) is 18. The molecule has 6 aliphatic rings. The number of amides is 2. The lowest BCUT2D eigenvalue weighted by Gasteiger charge is -2.50. The normalized spacial score (nSPS) is 43.1. The van der Waals surface area contributed by atoms with Gasteiger partial charge in [0, 0.05) is 35.2 Å². The lowest BCUT2D eigenvalue weighted by Crippen LogP contribution is -2.68. The number of fused-ring (bicyclic) bond motifs is 10. The van der Waals surface area contributed by atoms with Crippen molar-refractivity contribution < 1.29 is 84.3 Å². The van der Waals surface area contributed by atoms with Crippen LogP contribution in [0.1, 0.15) is 34.7 Å². The molecule has 20 nitrogen and oxygen atoms in total. The van der Waals surface area contributed by atoms with Gasteiger partial charge in [0.1, 0.15) is 73.2 Å². The van der Waals surface area contributed by atoms with Crippen molar-refractivity contribution in [1.29, 1.82) is 0 Å². The number of para-hydroxylation sites is 2. The Hall–Kier alpha value is -3.68. The summed E-state index contributed by atoms with van der Waals surface area (Å²) in [4.78, 5) is 34.1. The van der Waals surface area contributed by atoms with Crippen molar-refractivity contribution in [1.82, 2.24) is 9.88 Å². The van der Waals surface area contributed by atoms with Crippen LogP contribution in [0.15, 0.2) is 48.5 Å². The highest BCUT2D eigenvalue weighted by Crippen LogP contribution is 2.63. The summed E-state index contributed by atoms with van der Waals surface area (Å²) in [7, 11) is 1.46. The summed E-state index contributed by atoms with van der Waals surface area (Å²) in [6.45, 7) is -2.41. The number of rotatable bonds is 8. The number of imide groups is 1. The topological polar surface area (TPSA) is 305 Å². The highest BCUT2D eigenvalue weighted by Gasteiger charge is 2.64. The predicted molar refractivity (Wildman–Crippen MR) is 196 cm³/mol. The Morgan fingerprint density at radius 1 is 0.644 bits per heavy atom. The number of carbonyl (C=O) groups is 2. The molecule has 2 amide bonds. The van der Waals surface area contributed by atoms with Crippen LogP contribution in [0.5, 0.6) is 0 Å². The van der Waals surface area contributed by atoms with Gasteiger partial charge in [0.25, 0.3) is 0 Å². The van der Waals surface area contributed by atoms with Crippen molar-refractivity contribution in [3.8, 4) is 0 Å². The average Bonchev–Trinajstić information content (AvgIpc) is 3.86. The molecule has 4 saturated heterocycles. The molecule has 320 valence electrons. The summed E-state index contributed by atoms with van der Waals surface area (Å²) in [6, 6.07) is 13.9. The molecule has 0 saturated carbocycles. The maximum atomic E-state index is 14.0. The highest BCUT2D eigenvalue weighted by molar-refractivity contribution is 6.11. The number of likely N-dealkylation sites (tertiary alicyclic amines) is 1. The Morgan fingerprint density at radius 3 is 1.90 bits per heavy atom. The quantitative estimate of drug-likeness (QED) is 0.0964. The maximum Gasteiger partial charge on any atom is 0.237 e. The molecule has 1 aromatic heterocycles. The number of nitrogens with zero attached hydrogens (tertiary/aromatic N) is 2. The second kappa shape index (κ2) is 15.3. The lowest BCUT2D eigenvalue weighted by molar-refractivity contribution is -0.372. The molecule has 59 heavy (non-hydrogen) atoms. The fourth-order valence-corrected chi connectivity index (χ4v) is 10.0. The van der Waals surface area contributed by atoms with Crippen LogP contribution < -0.4 is 4.90 Å². The molecule has 0 spiro atoms. The molecule has 2 aromatic carbocycles. The monoisotopic (exact) mass is 829 g/mol. The van der Waals surface area contributed by atoms with Crippen LogP contribution in [-0.2, 0) is 33.3 Å². The standard InChI is InChI=1S/C39H47N3O17/c1-41-35(53)22-20-13-6-2-4-8-15(13)40-24(20)25-21(23(22)36(41)54)14-7-3-5-9-16(14)42(25)37-30(50)28(48)33(18(11-44)55-37)58-39-32(52)29(49)34(19(12-45)57-39)59-38-31(51)27(47)26(46)17(10-43)56-38/h2-9,17-19,21-23,25-34,37-40,43-52H,10-12H2,1H3/t17-,18-,19-,21+,22+,23-,25+,26-,27+,28-,29-,30-,31-,32-,33-,34-,37-,38+,39+/m1/s1. The van der Waals surface area contributed by atoms with Crippen LogP contribution in [0.4, 0.5) is 5.69 Å². The maximum absolute atomic E-state index is 14.0. The van der Waals surface area contributed by atoms with Gasteiger partial charge in [-0.3, -0.25) is 14.5 Å². The van der Waals surface area contributed by atoms with Crippen molar-refractivity contribution in [2.45, 2.75) is 110 Å². The van der Waals surface area contributed by atoms with E-state index in [4.69, 9.17) is 23.7 Å². The number of aliphatic hydroxyl groups is 10. The number of aromatic nitrogens is 1. The van der Waals surface area contributed by atoms with Crippen LogP contribution in [-0.4, -0.2) is 192 Å². The molecule has 0 bridgehead atoms. The summed E-state index contributed by atoms with van der Waals surface area (Å²) in [5.41, 5.74) is 3.26. The summed E-state index contributed by atoms with van der Waals surface area (Å²) >= 11 is 0. The van der Waals surface area contributed by atoms with Gasteiger partial charge in [-0.2, -0.15) is 0 Å². The molecule has 6 heterocycles. The van der Waals surface area contributed by atoms with Crippen LogP contribution in [0.2, 0.25) is 0 Å². The second-order valence-corrected chi connectivity index (χ2v) is 16.0. The van der Waals surface area contributed by atoms with E-state index in [-0.39, 0.29) is 11.8 Å². The number of benzene rings is 2. The van der Waals surface area contributed by atoms with Crippen molar-refractivity contribution in [3.05, 3.63) is 65.4 Å². The molecule has 19 atom stereocenters. The third-order valence-corrected chi connectivity index (χ3v) is 12.9. The van der Waals surface area contributed by atoms with Crippen LogP contribution >= 0.6 is 0 Å². The molecule has 0 unspecified atom stereocenters. The van der Waals surface area contributed by atoms with Gasteiger partial charge in [-0.15, -0.1) is 0 Å². The number of ether oxygens (including phenoxy) is 5. The Labute approximate surface area is 335 Å². The molecule has 3 aromatic rings. The Kier molecular flexibility index (Phi) is 10.6. The van der Waals surface area contributed by atoms with Gasteiger partial charge in [-0.1, -0.05) is 36.4 Å². The van der Waals surface area contributed by atoms with E-state index < -0.39 is 136 Å². The summed E-state index contributed by atoms with van der Waals surface area (Å²) in [5.74, 6) is -2.90. The van der Waals surface area contributed by atoms with Crippen LogP contribution in [0, 0.1) is 5.92 Å². The van der Waals surface area contributed by atoms with Crippen molar-refractivity contribution in [2.24, 2.45) is 5.92 Å². The van der Waals surface area contributed by atoms with Gasteiger partial charge >= 0.3 is 0 Å². The zero-order valence-electron chi connectivity index (χ0n) is 31.4. The van der Waals surface area contributed by atoms with Crippen LogP contribution in [0.3, 0.4) is 0 Å². The summed E-state index contributed by atoms with van der Waals surface area (Å²) in [5, 5.41) is 108. The number of H-pyrrole nitrogens is 1. The molecule has 9 rings (SSSR count). The first-order valence-electron chi connectivity index (χ1n) is 19.5. The predicted octanol–water partition coefficient (Wildman–Crippen LogP) is -4.03. The van der Waals surface area contributed by atoms with E-state index in [0.717, 1.165) is 15.8 Å². The van der Waals surface area contributed by atoms with Gasteiger partial charge < -0.3 is 84.6 Å². The number of nitrogens with one attached hydrogen (secondary N) is 1. The largest absolute Gasteiger partial charge is 0.394 e. The van der Waals surface area contributed by atoms with Gasteiger partial charge in [0.2, 0.25) is 11.8 Å². The Balaban J connectivity index is 0.999. The minimum Gasteiger partial charge on any atom is -0.394 e. The SMILES string of the molecule is CN1C(=O)[C@@H]2[C@@H]3c4ccccc4N([C@@H]4O[C@H](CO)[C@@H](O[C@@H]5O[C@H](CO)[C@@H](O[C@@H]6O[C@H](CO)[C@@H](O)[C@H](O)[C@H]6O)[C@H](O)[C@H]5O)[C@H](O)[C@H]4O)[C@@H]3c3[nH]c4ccccc4c3[C@@H]2C1=O. The van der Waals surface area contributed by atoms with E-state index >= 15 is 0 Å². The number of anilines is 1. The van der Waals surface area contributed by atoms with Crippen molar-refractivity contribution in [3.63, 3.8) is 0 Å². The summed E-state index contributed by atoms with van der Waals surface area (Å²) < 4.78 is 29.1. The number of likely N-dealkylation sites (N-methyl/N-ethyl adjacent to an activating group) is 1. The fraction of sp³-hybridized carbons (Fsp3) is 0.590. The number of aliphatic hydroxyl groups excluding tert-OH is 10. The Morgan fingerprint density at radius 2 is 1.22 bits per heavy atom. The van der Waals surface area contributed by atoms with Gasteiger partial charge in [0.15, 0.2) is 18.8 Å². The first-order valence-corrected chi connectivity index (χ1v) is 19.5. The number of carbonyl (C=O) groups excluding carboxylic acids is 2. The fourth-order valence-electron chi connectivity index (χ4n) is 10.0. The van der Waals surface area contributed by atoms with Crippen molar-refractivity contribution in [2.75, 3.05) is 31.8 Å². The molecule has 11 N–H and O–H groups in total. The molecule has 4 fully saturated rings. The zero-order chi connectivity index (χ0) is 41.8. The van der Waals surface area contributed by atoms with Gasteiger partial charge in [-0.05, 0) is 23.3 Å². The highest BCUT2D eigenvalue weighted by atomic mass is 16.7. The Bertz CT molecular complexity index is 2060. The first kappa shape index (κ1) is 40.7.